The van der Waals surface area contributed by atoms with Crippen molar-refractivity contribution in [3.8, 4) is 5.75 Å². The summed E-state index contributed by atoms with van der Waals surface area (Å²) < 4.78 is 8.18. The molecule has 0 saturated heterocycles. The highest BCUT2D eigenvalue weighted by Gasteiger charge is 2.04. The van der Waals surface area contributed by atoms with Crippen molar-refractivity contribution in [2.75, 3.05) is 12.3 Å². The summed E-state index contributed by atoms with van der Waals surface area (Å²) in [7, 11) is 0. The van der Waals surface area contributed by atoms with Crippen molar-refractivity contribution in [2.24, 2.45) is 0 Å². The van der Waals surface area contributed by atoms with Crippen LogP contribution in [-0.4, -0.2) is 11.2 Å². The van der Waals surface area contributed by atoms with Gasteiger partial charge in [0, 0.05) is 21.9 Å². The van der Waals surface area contributed by atoms with E-state index in [1.54, 1.807) is 28.8 Å². The highest BCUT2D eigenvalue weighted by molar-refractivity contribution is 9.10. The van der Waals surface area contributed by atoms with Gasteiger partial charge in [-0.15, -0.1) is 0 Å². The van der Waals surface area contributed by atoms with Crippen LogP contribution < -0.4 is 16.0 Å². The van der Waals surface area contributed by atoms with E-state index in [1.165, 1.54) is 0 Å². The van der Waals surface area contributed by atoms with Gasteiger partial charge in [0.1, 0.15) is 12.4 Å². The SMILES string of the molecule is Cc1c(Br)ccc(=O)n1CCOc1ccc(N)cc1. The zero-order valence-electron chi connectivity index (χ0n) is 10.6. The van der Waals surface area contributed by atoms with E-state index in [0.717, 1.165) is 15.9 Å². The second kappa shape index (κ2) is 5.93. The lowest BCUT2D eigenvalue weighted by molar-refractivity contribution is 0.295. The number of nitrogen functional groups attached to an aromatic ring is 1. The molecular weight excluding hydrogens is 308 g/mol. The Bertz CT molecular complexity index is 620. The third-order valence-electron chi connectivity index (χ3n) is 2.85. The van der Waals surface area contributed by atoms with E-state index in [4.69, 9.17) is 10.5 Å². The Morgan fingerprint density at radius 2 is 1.89 bits per heavy atom. The number of nitrogens with zero attached hydrogens (tertiary/aromatic N) is 1. The minimum Gasteiger partial charge on any atom is -0.492 e. The van der Waals surface area contributed by atoms with Crippen LogP contribution in [0.1, 0.15) is 5.69 Å². The standard InChI is InChI=1S/C14H15BrN2O2/c1-10-13(15)6-7-14(18)17(10)8-9-19-12-4-2-11(16)3-5-12/h2-7H,8-9,16H2,1H3. The molecule has 0 fully saturated rings. The first-order valence-corrected chi connectivity index (χ1v) is 6.71. The van der Waals surface area contributed by atoms with Crippen molar-refractivity contribution in [1.29, 1.82) is 0 Å². The van der Waals surface area contributed by atoms with Crippen molar-refractivity contribution >= 4 is 21.6 Å². The monoisotopic (exact) mass is 322 g/mol. The largest absolute Gasteiger partial charge is 0.492 e. The summed E-state index contributed by atoms with van der Waals surface area (Å²) in [4.78, 5) is 11.7. The third-order valence-corrected chi connectivity index (χ3v) is 3.69. The number of halogens is 1. The van der Waals surface area contributed by atoms with Gasteiger partial charge >= 0.3 is 0 Å². The predicted molar refractivity (Wildman–Crippen MR) is 79.5 cm³/mol. The number of nitrogens with two attached hydrogens (primary N) is 1. The van der Waals surface area contributed by atoms with E-state index in [0.29, 0.717) is 18.8 Å². The molecule has 0 aliphatic rings. The third kappa shape index (κ3) is 3.38. The Hall–Kier alpha value is -1.75. The van der Waals surface area contributed by atoms with Crippen LogP contribution in [0, 0.1) is 6.92 Å². The number of anilines is 1. The second-order valence-corrected chi connectivity index (χ2v) is 5.03. The number of rotatable bonds is 4. The molecule has 0 amide bonds. The average molecular weight is 323 g/mol. The molecule has 0 aliphatic heterocycles. The summed E-state index contributed by atoms with van der Waals surface area (Å²) in [6.07, 6.45) is 0. The Balaban J connectivity index is 2.02. The van der Waals surface area contributed by atoms with Gasteiger partial charge in [-0.2, -0.15) is 0 Å². The Morgan fingerprint density at radius 3 is 2.58 bits per heavy atom. The van der Waals surface area contributed by atoms with Crippen molar-refractivity contribution in [3.05, 3.63) is 56.9 Å². The minimum atomic E-state index is -0.0263. The van der Waals surface area contributed by atoms with E-state index in [-0.39, 0.29) is 5.56 Å². The van der Waals surface area contributed by atoms with Crippen LogP contribution in [-0.2, 0) is 6.54 Å². The fraction of sp³-hybridized carbons (Fsp3) is 0.214. The van der Waals surface area contributed by atoms with Crippen LogP contribution in [0.3, 0.4) is 0 Å². The maximum atomic E-state index is 11.7. The van der Waals surface area contributed by atoms with Gasteiger partial charge in [-0.1, -0.05) is 0 Å². The van der Waals surface area contributed by atoms with E-state index >= 15 is 0 Å². The normalized spacial score (nSPS) is 10.4. The highest BCUT2D eigenvalue weighted by Crippen LogP contribution is 2.14. The molecule has 0 saturated carbocycles. The van der Waals surface area contributed by atoms with Gasteiger partial charge in [0.2, 0.25) is 0 Å². The molecule has 0 aliphatic carbocycles. The lowest BCUT2D eigenvalue weighted by atomic mass is 10.3. The topological polar surface area (TPSA) is 57.2 Å². The maximum absolute atomic E-state index is 11.7. The predicted octanol–water partition coefficient (Wildman–Crippen LogP) is 2.58. The van der Waals surface area contributed by atoms with E-state index < -0.39 is 0 Å². The van der Waals surface area contributed by atoms with Gasteiger partial charge < -0.3 is 15.0 Å². The van der Waals surface area contributed by atoms with E-state index in [2.05, 4.69) is 15.9 Å². The summed E-state index contributed by atoms with van der Waals surface area (Å²) in [5.41, 5.74) is 7.17. The molecule has 4 nitrogen and oxygen atoms in total. The van der Waals surface area contributed by atoms with Gasteiger partial charge in [-0.3, -0.25) is 4.79 Å². The first kappa shape index (κ1) is 13.7. The zero-order chi connectivity index (χ0) is 13.8. The van der Waals surface area contributed by atoms with Crippen molar-refractivity contribution in [1.82, 2.24) is 4.57 Å². The summed E-state index contributed by atoms with van der Waals surface area (Å²) in [6.45, 7) is 2.84. The molecule has 1 aromatic heterocycles. The molecule has 0 unspecified atom stereocenters. The van der Waals surface area contributed by atoms with Crippen LogP contribution in [0.4, 0.5) is 5.69 Å². The fourth-order valence-electron chi connectivity index (χ4n) is 1.75. The number of pyridine rings is 1. The number of hydrogen-bond acceptors (Lipinski definition) is 3. The van der Waals surface area contributed by atoms with Gasteiger partial charge in [0.25, 0.3) is 5.56 Å². The molecule has 2 aromatic rings. The van der Waals surface area contributed by atoms with Gasteiger partial charge in [-0.05, 0) is 53.2 Å². The van der Waals surface area contributed by atoms with Gasteiger partial charge in [-0.25, -0.2) is 0 Å². The average Bonchev–Trinajstić information content (AvgIpc) is 2.40. The number of aromatic nitrogens is 1. The summed E-state index contributed by atoms with van der Waals surface area (Å²) in [5.74, 6) is 0.745. The molecular formula is C14H15BrN2O2. The molecule has 1 heterocycles. The summed E-state index contributed by atoms with van der Waals surface area (Å²) in [6, 6.07) is 10.5. The summed E-state index contributed by atoms with van der Waals surface area (Å²) in [5, 5.41) is 0. The highest BCUT2D eigenvalue weighted by atomic mass is 79.9. The van der Waals surface area contributed by atoms with Gasteiger partial charge in [0.15, 0.2) is 0 Å². The zero-order valence-corrected chi connectivity index (χ0v) is 12.2. The maximum Gasteiger partial charge on any atom is 0.250 e. The number of benzene rings is 1. The van der Waals surface area contributed by atoms with E-state index in [9.17, 15) is 4.79 Å². The molecule has 1 aromatic carbocycles. The first-order valence-electron chi connectivity index (χ1n) is 5.92. The molecule has 100 valence electrons. The van der Waals surface area contributed by atoms with Crippen LogP contribution in [0.2, 0.25) is 0 Å². The molecule has 5 heteroatoms. The molecule has 0 bridgehead atoms. The first-order chi connectivity index (χ1) is 9.08. The Kier molecular flexibility index (Phi) is 4.27. The summed E-state index contributed by atoms with van der Waals surface area (Å²) >= 11 is 3.41. The lowest BCUT2D eigenvalue weighted by Gasteiger charge is -2.12. The molecule has 19 heavy (non-hydrogen) atoms. The molecule has 0 spiro atoms. The lowest BCUT2D eigenvalue weighted by Crippen LogP contribution is -2.24. The Morgan fingerprint density at radius 1 is 1.21 bits per heavy atom. The van der Waals surface area contributed by atoms with Gasteiger partial charge in [0.05, 0.1) is 6.54 Å². The molecule has 2 N–H and O–H groups in total. The van der Waals surface area contributed by atoms with E-state index in [1.807, 2.05) is 19.1 Å². The van der Waals surface area contributed by atoms with Crippen LogP contribution in [0.5, 0.6) is 5.75 Å². The smallest absolute Gasteiger partial charge is 0.250 e. The van der Waals surface area contributed by atoms with Crippen LogP contribution in [0.15, 0.2) is 45.7 Å². The minimum absolute atomic E-state index is 0.0263. The van der Waals surface area contributed by atoms with Crippen molar-refractivity contribution in [2.45, 2.75) is 13.5 Å². The number of ether oxygens (including phenoxy) is 1. The quantitative estimate of drug-likeness (QED) is 0.880. The molecule has 0 radical (unpaired) electrons. The van der Waals surface area contributed by atoms with Crippen molar-refractivity contribution < 1.29 is 4.74 Å². The molecule has 0 atom stereocenters. The Labute approximate surface area is 119 Å². The number of hydrogen-bond donors (Lipinski definition) is 1. The fourth-order valence-corrected chi connectivity index (χ4v) is 2.09. The van der Waals surface area contributed by atoms with Crippen LogP contribution in [0.25, 0.3) is 0 Å². The molecule has 2 rings (SSSR count). The van der Waals surface area contributed by atoms with Crippen LogP contribution >= 0.6 is 15.9 Å². The second-order valence-electron chi connectivity index (χ2n) is 4.17. The van der Waals surface area contributed by atoms with Crippen molar-refractivity contribution in [3.63, 3.8) is 0 Å².